The zero-order valence-corrected chi connectivity index (χ0v) is 26.1. The van der Waals surface area contributed by atoms with Crippen molar-refractivity contribution in [1.29, 1.82) is 0 Å². The van der Waals surface area contributed by atoms with E-state index in [1.54, 1.807) is 12.1 Å². The first-order valence-corrected chi connectivity index (χ1v) is 15.6. The standard InChI is InChI=1S/C29H37F3IN5O5/c1-18-26(28(39)38-12-9-20(10-13-38)37-23-11-14-40-16-25(23)43-33)35-17-36-27(18)34-15-22-3-2-4-24(41-22)19-5-7-21(8-6-19)42-29(30,31)32/h5-8,17,20,22-25,37H,2-4,9-16H2,1H3,(H,34,35,36)/t22?,23-,24-,25+/m1/s1. The Morgan fingerprint density at radius 3 is 2.60 bits per heavy atom. The Bertz CT molecular complexity index is 1220. The number of rotatable bonds is 9. The zero-order valence-electron chi connectivity index (χ0n) is 23.9. The van der Waals surface area contributed by atoms with Gasteiger partial charge < -0.3 is 32.8 Å². The van der Waals surface area contributed by atoms with Gasteiger partial charge in [-0.15, -0.1) is 13.2 Å². The van der Waals surface area contributed by atoms with Crippen LogP contribution in [-0.4, -0.2) is 84.3 Å². The molecule has 0 saturated carbocycles. The van der Waals surface area contributed by atoms with Crippen molar-refractivity contribution in [2.45, 2.75) is 82.2 Å². The molecular formula is C29H37F3IN5O5. The average molecular weight is 720 g/mol. The van der Waals surface area contributed by atoms with Crippen molar-refractivity contribution >= 4 is 34.7 Å². The van der Waals surface area contributed by atoms with Crippen molar-refractivity contribution in [2.75, 3.05) is 38.2 Å². The molecule has 0 spiro atoms. The van der Waals surface area contributed by atoms with Crippen LogP contribution in [0.4, 0.5) is 19.0 Å². The number of alkyl halides is 3. The van der Waals surface area contributed by atoms with Crippen LogP contribution in [0.25, 0.3) is 0 Å². The number of carbonyl (C=O) groups excluding carboxylic acids is 1. The van der Waals surface area contributed by atoms with E-state index in [1.165, 1.54) is 18.5 Å². The van der Waals surface area contributed by atoms with Crippen molar-refractivity contribution in [1.82, 2.24) is 20.2 Å². The number of piperidine rings is 1. The molecule has 10 nitrogen and oxygen atoms in total. The zero-order chi connectivity index (χ0) is 30.4. The second kappa shape index (κ2) is 14.7. The van der Waals surface area contributed by atoms with Crippen molar-refractivity contribution < 1.29 is 35.2 Å². The van der Waals surface area contributed by atoms with Gasteiger partial charge in [-0.25, -0.2) is 9.97 Å². The van der Waals surface area contributed by atoms with Gasteiger partial charge in [0.15, 0.2) is 0 Å². The maximum atomic E-state index is 13.4. The van der Waals surface area contributed by atoms with E-state index in [2.05, 4.69) is 25.3 Å². The molecule has 1 amide bonds. The Kier molecular flexibility index (Phi) is 11.0. The monoisotopic (exact) mass is 719 g/mol. The van der Waals surface area contributed by atoms with E-state index in [0.29, 0.717) is 49.4 Å². The average Bonchev–Trinajstić information content (AvgIpc) is 3.01. The molecule has 3 aliphatic heterocycles. The summed E-state index contributed by atoms with van der Waals surface area (Å²) in [5, 5.41) is 7.03. The van der Waals surface area contributed by atoms with Crippen molar-refractivity contribution in [2.24, 2.45) is 0 Å². The number of nitrogens with one attached hydrogen (secondary N) is 2. The van der Waals surface area contributed by atoms with Crippen LogP contribution in [0.1, 0.15) is 66.2 Å². The minimum Gasteiger partial charge on any atom is -0.406 e. The fourth-order valence-corrected chi connectivity index (χ4v) is 6.43. The molecule has 236 valence electrons. The second-order valence-electron chi connectivity index (χ2n) is 11.2. The lowest BCUT2D eigenvalue weighted by Crippen LogP contribution is -2.53. The molecule has 1 aromatic heterocycles. The molecule has 4 heterocycles. The van der Waals surface area contributed by atoms with Gasteiger partial charge in [-0.3, -0.25) is 4.79 Å². The Hall–Kier alpha value is -2.27. The molecule has 5 rings (SSSR count). The minimum absolute atomic E-state index is 0.0294. The molecule has 14 heteroatoms. The summed E-state index contributed by atoms with van der Waals surface area (Å²) in [4.78, 5) is 24.0. The number of likely N-dealkylation sites (tertiary alicyclic amines) is 1. The van der Waals surface area contributed by atoms with Crippen molar-refractivity contribution in [3.05, 3.63) is 47.4 Å². The SMILES string of the molecule is Cc1c(NCC2CCC[C@H](c3ccc(OC(F)(F)F)cc3)O2)ncnc1C(=O)N1CCC(N[C@@H]2CCOC[C@@H]2OI)CC1. The van der Waals surface area contributed by atoms with Gasteiger partial charge in [0.1, 0.15) is 52.7 Å². The number of carbonyl (C=O) groups is 1. The maximum Gasteiger partial charge on any atom is 0.573 e. The highest BCUT2D eigenvalue weighted by Gasteiger charge is 2.33. The summed E-state index contributed by atoms with van der Waals surface area (Å²) in [7, 11) is 0. The number of nitrogens with zero attached hydrogens (tertiary/aromatic N) is 3. The number of hydrogen-bond acceptors (Lipinski definition) is 9. The number of halogens is 4. The normalized spacial score (nSPS) is 25.4. The Labute approximate surface area is 263 Å². The van der Waals surface area contributed by atoms with Crippen LogP contribution in [0.15, 0.2) is 30.6 Å². The quantitative estimate of drug-likeness (QED) is 0.342. The third kappa shape index (κ3) is 8.68. The fraction of sp³-hybridized carbons (Fsp3) is 0.621. The highest BCUT2D eigenvalue weighted by molar-refractivity contribution is 14.1. The number of hydrogen-bond donors (Lipinski definition) is 2. The first-order chi connectivity index (χ1) is 20.7. The third-order valence-corrected chi connectivity index (χ3v) is 8.92. The van der Waals surface area contributed by atoms with E-state index < -0.39 is 6.36 Å². The van der Waals surface area contributed by atoms with E-state index >= 15 is 0 Å². The van der Waals surface area contributed by atoms with Gasteiger partial charge in [0.25, 0.3) is 5.91 Å². The molecule has 3 saturated heterocycles. The Morgan fingerprint density at radius 1 is 1.12 bits per heavy atom. The number of aromatic nitrogens is 2. The first kappa shape index (κ1) is 32.1. The summed E-state index contributed by atoms with van der Waals surface area (Å²) in [6.45, 7) is 4.91. The van der Waals surface area contributed by atoms with Gasteiger partial charge in [-0.05, 0) is 63.1 Å². The van der Waals surface area contributed by atoms with Crippen LogP contribution in [0.2, 0.25) is 0 Å². The van der Waals surface area contributed by atoms with E-state index in [4.69, 9.17) is 12.5 Å². The molecule has 3 aliphatic rings. The van der Waals surface area contributed by atoms with Crippen molar-refractivity contribution in [3.63, 3.8) is 0 Å². The maximum absolute atomic E-state index is 13.4. The fourth-order valence-electron chi connectivity index (χ4n) is 5.93. The largest absolute Gasteiger partial charge is 0.573 e. The highest BCUT2D eigenvalue weighted by Crippen LogP contribution is 2.33. The van der Waals surface area contributed by atoms with Crippen LogP contribution in [0.5, 0.6) is 5.75 Å². The molecule has 4 atom stereocenters. The van der Waals surface area contributed by atoms with E-state index in [1.807, 2.05) is 34.8 Å². The van der Waals surface area contributed by atoms with Crippen molar-refractivity contribution in [3.8, 4) is 5.75 Å². The summed E-state index contributed by atoms with van der Waals surface area (Å²) in [5.74, 6) is 0.220. The molecule has 43 heavy (non-hydrogen) atoms. The van der Waals surface area contributed by atoms with Gasteiger partial charge in [0, 0.05) is 43.9 Å². The minimum atomic E-state index is -4.73. The van der Waals surface area contributed by atoms with Crippen LogP contribution in [0, 0.1) is 6.92 Å². The summed E-state index contributed by atoms with van der Waals surface area (Å²) in [6.07, 6.45) is 1.48. The Morgan fingerprint density at radius 2 is 1.88 bits per heavy atom. The molecule has 0 radical (unpaired) electrons. The number of ether oxygens (including phenoxy) is 3. The summed E-state index contributed by atoms with van der Waals surface area (Å²) >= 11 is 1.94. The van der Waals surface area contributed by atoms with Gasteiger partial charge in [0.05, 0.1) is 18.8 Å². The summed E-state index contributed by atoms with van der Waals surface area (Å²) in [5.41, 5.74) is 1.87. The lowest BCUT2D eigenvalue weighted by atomic mass is 9.98. The van der Waals surface area contributed by atoms with Gasteiger partial charge >= 0.3 is 6.36 Å². The molecule has 1 aromatic carbocycles. The topological polar surface area (TPSA) is 107 Å². The molecule has 1 unspecified atom stereocenters. The van der Waals surface area contributed by atoms with E-state index in [9.17, 15) is 18.0 Å². The molecule has 0 bridgehead atoms. The van der Waals surface area contributed by atoms with Crippen LogP contribution < -0.4 is 15.4 Å². The highest BCUT2D eigenvalue weighted by atomic mass is 127. The molecular weight excluding hydrogens is 682 g/mol. The summed E-state index contributed by atoms with van der Waals surface area (Å²) < 4.78 is 58.7. The Balaban J connectivity index is 1.12. The summed E-state index contributed by atoms with van der Waals surface area (Å²) in [6, 6.07) is 6.38. The predicted molar refractivity (Wildman–Crippen MR) is 160 cm³/mol. The number of benzene rings is 1. The van der Waals surface area contributed by atoms with E-state index in [-0.39, 0.29) is 36.0 Å². The third-order valence-electron chi connectivity index (χ3n) is 8.27. The van der Waals surface area contributed by atoms with Crippen LogP contribution in [0.3, 0.4) is 0 Å². The molecule has 3 fully saturated rings. The van der Waals surface area contributed by atoms with Gasteiger partial charge in [-0.1, -0.05) is 12.1 Å². The smallest absolute Gasteiger partial charge is 0.406 e. The molecule has 2 N–H and O–H groups in total. The number of amides is 1. The van der Waals surface area contributed by atoms with Crippen LogP contribution >= 0.6 is 23.0 Å². The van der Waals surface area contributed by atoms with Crippen LogP contribution in [-0.2, 0) is 12.5 Å². The number of anilines is 1. The lowest BCUT2D eigenvalue weighted by Gasteiger charge is -2.37. The van der Waals surface area contributed by atoms with Gasteiger partial charge in [0.2, 0.25) is 0 Å². The molecule has 0 aliphatic carbocycles. The lowest BCUT2D eigenvalue weighted by molar-refractivity contribution is -0.274. The van der Waals surface area contributed by atoms with Gasteiger partial charge in [-0.2, -0.15) is 0 Å². The predicted octanol–water partition coefficient (Wildman–Crippen LogP) is 5.12. The second-order valence-corrected chi connectivity index (χ2v) is 11.7. The molecule has 2 aromatic rings. The van der Waals surface area contributed by atoms with E-state index in [0.717, 1.165) is 50.7 Å². The first-order valence-electron chi connectivity index (χ1n) is 14.7.